The van der Waals surface area contributed by atoms with E-state index in [9.17, 15) is 14.4 Å². The smallest absolute Gasteiger partial charge is 0.429 e. The third-order valence-electron chi connectivity index (χ3n) is 3.97. The SMILES string of the molecule is CC[C@H]([C@@H](C)NC(=O)OCc1ccccc1)N(NC(=O)OC(C)C)C(=O)OC(C)C. The van der Waals surface area contributed by atoms with Crippen LogP contribution in [0.2, 0.25) is 0 Å². The molecule has 0 heterocycles. The van der Waals surface area contributed by atoms with Gasteiger partial charge in [-0.3, -0.25) is 0 Å². The summed E-state index contributed by atoms with van der Waals surface area (Å²) < 4.78 is 15.5. The summed E-state index contributed by atoms with van der Waals surface area (Å²) in [4.78, 5) is 36.9. The summed E-state index contributed by atoms with van der Waals surface area (Å²) in [6.07, 6.45) is -2.50. The predicted molar refractivity (Wildman–Crippen MR) is 112 cm³/mol. The van der Waals surface area contributed by atoms with Gasteiger partial charge in [-0.05, 0) is 46.6 Å². The molecule has 2 N–H and O–H groups in total. The summed E-state index contributed by atoms with van der Waals surface area (Å²) in [5, 5.41) is 3.75. The van der Waals surface area contributed by atoms with E-state index in [0.717, 1.165) is 10.6 Å². The summed E-state index contributed by atoms with van der Waals surface area (Å²) in [7, 11) is 0. The number of hydrogen-bond donors (Lipinski definition) is 2. The second-order valence-electron chi connectivity index (χ2n) is 7.34. The molecule has 0 aliphatic heterocycles. The van der Waals surface area contributed by atoms with Gasteiger partial charge in [-0.2, -0.15) is 0 Å². The van der Waals surface area contributed by atoms with Gasteiger partial charge < -0.3 is 19.5 Å². The van der Waals surface area contributed by atoms with E-state index in [4.69, 9.17) is 14.2 Å². The van der Waals surface area contributed by atoms with E-state index in [1.807, 2.05) is 37.3 Å². The highest BCUT2D eigenvalue weighted by molar-refractivity contribution is 5.74. The molecule has 1 aromatic carbocycles. The largest absolute Gasteiger partial charge is 0.446 e. The number of amides is 3. The van der Waals surface area contributed by atoms with Gasteiger partial charge in [0.15, 0.2) is 0 Å². The number of nitrogens with zero attached hydrogens (tertiary/aromatic N) is 1. The molecule has 1 aromatic rings. The number of carbonyl (C=O) groups excluding carboxylic acids is 3. The van der Waals surface area contributed by atoms with Crippen molar-refractivity contribution in [2.75, 3.05) is 0 Å². The molecule has 0 saturated carbocycles. The number of carbonyl (C=O) groups is 3. The van der Waals surface area contributed by atoms with Gasteiger partial charge in [-0.15, -0.1) is 0 Å². The minimum absolute atomic E-state index is 0.119. The van der Waals surface area contributed by atoms with Crippen molar-refractivity contribution in [2.24, 2.45) is 0 Å². The highest BCUT2D eigenvalue weighted by Gasteiger charge is 2.32. The van der Waals surface area contributed by atoms with Crippen molar-refractivity contribution in [1.82, 2.24) is 15.8 Å². The van der Waals surface area contributed by atoms with Gasteiger partial charge in [-0.1, -0.05) is 37.3 Å². The highest BCUT2D eigenvalue weighted by atomic mass is 16.6. The molecule has 3 amide bonds. The predicted octanol–water partition coefficient (Wildman–Crippen LogP) is 3.98. The lowest BCUT2D eigenvalue weighted by atomic mass is 10.1. The molecule has 2 atom stereocenters. The molecule has 0 aliphatic carbocycles. The molecule has 0 radical (unpaired) electrons. The average Bonchev–Trinajstić information content (AvgIpc) is 2.65. The summed E-state index contributed by atoms with van der Waals surface area (Å²) in [5.74, 6) is 0. The van der Waals surface area contributed by atoms with Gasteiger partial charge in [0.25, 0.3) is 0 Å². The summed E-state index contributed by atoms with van der Waals surface area (Å²) >= 11 is 0. The van der Waals surface area contributed by atoms with Crippen molar-refractivity contribution in [3.63, 3.8) is 0 Å². The van der Waals surface area contributed by atoms with Crippen LogP contribution in [0.25, 0.3) is 0 Å². The minimum atomic E-state index is -0.789. The Labute approximate surface area is 178 Å². The van der Waals surface area contributed by atoms with E-state index in [0.29, 0.717) is 6.42 Å². The maximum absolute atomic E-state index is 12.6. The van der Waals surface area contributed by atoms with Gasteiger partial charge in [0, 0.05) is 0 Å². The molecule has 1 rings (SSSR count). The first-order valence-electron chi connectivity index (χ1n) is 10.1. The zero-order valence-corrected chi connectivity index (χ0v) is 18.5. The molecule has 0 unspecified atom stereocenters. The van der Waals surface area contributed by atoms with Gasteiger partial charge in [0.1, 0.15) is 6.61 Å². The lowest BCUT2D eigenvalue weighted by molar-refractivity contribution is 0.0239. The minimum Gasteiger partial charge on any atom is -0.446 e. The second-order valence-corrected chi connectivity index (χ2v) is 7.34. The van der Waals surface area contributed by atoms with E-state index in [1.165, 1.54) is 0 Å². The van der Waals surface area contributed by atoms with Crippen molar-refractivity contribution in [3.05, 3.63) is 35.9 Å². The quantitative estimate of drug-likeness (QED) is 0.484. The maximum Gasteiger partial charge on any atom is 0.429 e. The Hall–Kier alpha value is -2.97. The first kappa shape index (κ1) is 25.1. The van der Waals surface area contributed by atoms with Crippen molar-refractivity contribution in [1.29, 1.82) is 0 Å². The van der Waals surface area contributed by atoms with Crippen LogP contribution in [-0.2, 0) is 20.8 Å². The molecule has 0 aliphatic rings. The normalized spacial score (nSPS) is 12.7. The van der Waals surface area contributed by atoms with Crippen LogP contribution in [0.15, 0.2) is 30.3 Å². The molecular formula is C21H33N3O6. The Bertz CT molecular complexity index is 681. The van der Waals surface area contributed by atoms with Crippen LogP contribution in [0.5, 0.6) is 0 Å². The van der Waals surface area contributed by atoms with Crippen LogP contribution in [0.4, 0.5) is 14.4 Å². The molecule has 9 heteroatoms. The molecule has 0 saturated heterocycles. The third-order valence-corrected chi connectivity index (χ3v) is 3.97. The first-order chi connectivity index (χ1) is 14.1. The Morgan fingerprint density at radius 2 is 1.53 bits per heavy atom. The number of rotatable bonds is 8. The standard InChI is InChI=1S/C21H33N3O6/c1-7-18(16(6)22-19(25)28-13-17-11-9-8-10-12-17)24(21(27)30-15(4)5)23-20(26)29-14(2)3/h8-12,14-16,18H,7,13H2,1-6H3,(H,22,25)(H,23,26)/t16-,18-/m1/s1. The number of hydrazine groups is 1. The van der Waals surface area contributed by atoms with E-state index < -0.39 is 30.4 Å². The van der Waals surface area contributed by atoms with Crippen molar-refractivity contribution in [2.45, 2.75) is 78.9 Å². The molecule has 0 spiro atoms. The summed E-state index contributed by atoms with van der Waals surface area (Å²) in [5.41, 5.74) is 3.28. The topological polar surface area (TPSA) is 106 Å². The summed E-state index contributed by atoms with van der Waals surface area (Å²) in [6, 6.07) is 8.13. The number of ether oxygens (including phenoxy) is 3. The van der Waals surface area contributed by atoms with Crippen molar-refractivity contribution in [3.8, 4) is 0 Å². The van der Waals surface area contributed by atoms with Crippen LogP contribution in [0.1, 0.15) is 53.5 Å². The number of hydrogen-bond acceptors (Lipinski definition) is 6. The average molecular weight is 424 g/mol. The van der Waals surface area contributed by atoms with Crippen LogP contribution in [0.3, 0.4) is 0 Å². The fourth-order valence-corrected chi connectivity index (χ4v) is 2.67. The van der Waals surface area contributed by atoms with Gasteiger partial charge in [-0.25, -0.2) is 24.8 Å². The molecule has 0 bridgehead atoms. The molecular weight excluding hydrogens is 390 g/mol. The molecule has 0 fully saturated rings. The fourth-order valence-electron chi connectivity index (χ4n) is 2.67. The first-order valence-corrected chi connectivity index (χ1v) is 10.1. The van der Waals surface area contributed by atoms with Gasteiger partial charge in [0.05, 0.1) is 24.3 Å². The third kappa shape index (κ3) is 9.02. The van der Waals surface area contributed by atoms with E-state index in [1.54, 1.807) is 34.6 Å². The van der Waals surface area contributed by atoms with Gasteiger partial charge >= 0.3 is 18.3 Å². The zero-order chi connectivity index (χ0) is 22.7. The Morgan fingerprint density at radius 3 is 2.07 bits per heavy atom. The second kappa shape index (κ2) is 12.6. The van der Waals surface area contributed by atoms with E-state index >= 15 is 0 Å². The Balaban J connectivity index is 2.81. The lowest BCUT2D eigenvalue weighted by Crippen LogP contribution is -2.59. The Morgan fingerprint density at radius 1 is 0.933 bits per heavy atom. The Kier molecular flexibility index (Phi) is 10.5. The number of nitrogens with one attached hydrogen (secondary N) is 2. The molecule has 30 heavy (non-hydrogen) atoms. The number of benzene rings is 1. The molecule has 0 aromatic heterocycles. The van der Waals surface area contributed by atoms with Crippen LogP contribution in [0, 0.1) is 0 Å². The van der Waals surface area contributed by atoms with E-state index in [2.05, 4.69) is 10.7 Å². The lowest BCUT2D eigenvalue weighted by Gasteiger charge is -2.34. The highest BCUT2D eigenvalue weighted by Crippen LogP contribution is 2.11. The van der Waals surface area contributed by atoms with Gasteiger partial charge in [0.2, 0.25) is 0 Å². The monoisotopic (exact) mass is 423 g/mol. The zero-order valence-electron chi connectivity index (χ0n) is 18.5. The van der Waals surface area contributed by atoms with Crippen LogP contribution in [-0.4, -0.2) is 47.6 Å². The summed E-state index contributed by atoms with van der Waals surface area (Å²) in [6.45, 7) is 10.4. The number of alkyl carbamates (subject to hydrolysis) is 1. The molecule has 168 valence electrons. The maximum atomic E-state index is 12.6. The van der Waals surface area contributed by atoms with Crippen molar-refractivity contribution < 1.29 is 28.6 Å². The van der Waals surface area contributed by atoms with E-state index in [-0.39, 0.29) is 18.8 Å². The van der Waals surface area contributed by atoms with Crippen LogP contribution < -0.4 is 10.7 Å². The molecule has 9 nitrogen and oxygen atoms in total. The fraction of sp³-hybridized carbons (Fsp3) is 0.571. The van der Waals surface area contributed by atoms with Crippen LogP contribution >= 0.6 is 0 Å². The van der Waals surface area contributed by atoms with Crippen molar-refractivity contribution >= 4 is 18.3 Å².